The van der Waals surface area contributed by atoms with Crippen molar-refractivity contribution in [1.82, 2.24) is 0 Å². The van der Waals surface area contributed by atoms with Crippen LogP contribution in [0.2, 0.25) is 20.1 Å². The lowest BCUT2D eigenvalue weighted by atomic mass is 9.90. The summed E-state index contributed by atoms with van der Waals surface area (Å²) in [6.07, 6.45) is -1.03. The third-order valence-corrected chi connectivity index (χ3v) is 6.51. The number of rotatable bonds is 3. The highest BCUT2D eigenvalue weighted by Gasteiger charge is 2.60. The molecule has 0 aromatic heterocycles. The van der Waals surface area contributed by atoms with Crippen LogP contribution in [0, 0.1) is 5.92 Å². The van der Waals surface area contributed by atoms with Gasteiger partial charge in [-0.15, -0.1) is 0 Å². The molecular formula is C23H14Cl4N2O3. The zero-order valence-electron chi connectivity index (χ0n) is 16.2. The number of hydrogen-bond acceptors (Lipinski definition) is 4. The summed E-state index contributed by atoms with van der Waals surface area (Å²) in [5.41, 5.74) is 1.61. The van der Waals surface area contributed by atoms with Gasteiger partial charge < -0.3 is 0 Å². The molecule has 2 amide bonds. The van der Waals surface area contributed by atoms with Gasteiger partial charge in [0.05, 0.1) is 17.4 Å². The Bertz CT molecular complexity index is 1220. The van der Waals surface area contributed by atoms with Gasteiger partial charge in [0.1, 0.15) is 5.92 Å². The lowest BCUT2D eigenvalue weighted by molar-refractivity contribution is -0.126. The van der Waals surface area contributed by atoms with Gasteiger partial charge >= 0.3 is 0 Å². The summed E-state index contributed by atoms with van der Waals surface area (Å²) in [7, 11) is 0. The molecule has 5 rings (SSSR count). The molecule has 0 spiro atoms. The average Bonchev–Trinajstić information content (AvgIpc) is 3.24. The Hall–Kier alpha value is -2.28. The second-order valence-corrected chi connectivity index (χ2v) is 9.18. The maximum atomic E-state index is 13.6. The molecule has 3 aromatic rings. The van der Waals surface area contributed by atoms with Gasteiger partial charge in [-0.05, 0) is 48.0 Å². The van der Waals surface area contributed by atoms with Gasteiger partial charge in [-0.2, -0.15) is 0 Å². The van der Waals surface area contributed by atoms with Crippen LogP contribution in [0.3, 0.4) is 0 Å². The largest absolute Gasteiger partial charge is 0.273 e. The Kier molecular flexibility index (Phi) is 5.56. The molecule has 3 atom stereocenters. The van der Waals surface area contributed by atoms with E-state index in [4.69, 9.17) is 51.2 Å². The van der Waals surface area contributed by atoms with Crippen LogP contribution in [0.25, 0.3) is 0 Å². The number of hydroxylamine groups is 1. The van der Waals surface area contributed by atoms with E-state index in [9.17, 15) is 9.59 Å². The smallest absolute Gasteiger partial charge is 0.266 e. The van der Waals surface area contributed by atoms with E-state index in [1.54, 1.807) is 23.3 Å². The lowest BCUT2D eigenvalue weighted by Crippen LogP contribution is -2.37. The Morgan fingerprint density at radius 3 is 2.06 bits per heavy atom. The van der Waals surface area contributed by atoms with Crippen molar-refractivity contribution in [2.24, 2.45) is 5.92 Å². The maximum Gasteiger partial charge on any atom is 0.266 e. The summed E-state index contributed by atoms with van der Waals surface area (Å²) < 4.78 is 0. The van der Waals surface area contributed by atoms with Gasteiger partial charge in [-0.25, -0.2) is 9.96 Å². The number of amides is 2. The van der Waals surface area contributed by atoms with Crippen molar-refractivity contribution in [2.45, 2.75) is 12.1 Å². The van der Waals surface area contributed by atoms with E-state index in [2.05, 4.69) is 0 Å². The monoisotopic (exact) mass is 506 g/mol. The van der Waals surface area contributed by atoms with Crippen LogP contribution < -0.4 is 9.96 Å². The molecule has 0 aliphatic carbocycles. The van der Waals surface area contributed by atoms with Crippen LogP contribution in [-0.4, -0.2) is 17.9 Å². The topological polar surface area (TPSA) is 49.9 Å². The fourth-order valence-corrected chi connectivity index (χ4v) is 5.23. The van der Waals surface area contributed by atoms with Crippen LogP contribution in [0.5, 0.6) is 0 Å². The van der Waals surface area contributed by atoms with Gasteiger partial charge in [0.25, 0.3) is 5.91 Å². The Morgan fingerprint density at radius 1 is 0.719 bits per heavy atom. The van der Waals surface area contributed by atoms with Crippen molar-refractivity contribution in [3.05, 3.63) is 92.4 Å². The summed E-state index contributed by atoms with van der Waals surface area (Å²) in [5.74, 6) is -1.75. The van der Waals surface area contributed by atoms with Gasteiger partial charge in [0.15, 0.2) is 6.10 Å². The standard InChI is InChI=1S/C23H14Cl4N2O3/c24-12-6-7-17(18(27)11-12)20-19-21(32-29(20)15-4-2-1-3-5-15)23(31)28(22(19)30)16-9-13(25)8-14(26)10-16/h1-11,19-21H/t19-,20+,21+/m0/s1. The predicted octanol–water partition coefficient (Wildman–Crippen LogP) is 6.35. The molecule has 5 nitrogen and oxygen atoms in total. The molecule has 32 heavy (non-hydrogen) atoms. The van der Waals surface area contributed by atoms with Crippen LogP contribution in [0.4, 0.5) is 11.4 Å². The number of nitrogens with zero attached hydrogens (tertiary/aromatic N) is 2. The molecular weight excluding hydrogens is 494 g/mol. The molecule has 0 unspecified atom stereocenters. The number of hydrogen-bond donors (Lipinski definition) is 0. The minimum Gasteiger partial charge on any atom is -0.273 e. The molecule has 9 heteroatoms. The third-order valence-electron chi connectivity index (χ3n) is 5.51. The number of carbonyl (C=O) groups excluding carboxylic acids is 2. The van der Waals surface area contributed by atoms with Crippen molar-refractivity contribution in [1.29, 1.82) is 0 Å². The van der Waals surface area contributed by atoms with Crippen LogP contribution in [-0.2, 0) is 14.4 Å². The van der Waals surface area contributed by atoms with Gasteiger partial charge in [0, 0.05) is 20.1 Å². The normalized spacial score (nSPS) is 22.6. The zero-order valence-corrected chi connectivity index (χ0v) is 19.2. The van der Waals surface area contributed by atoms with Crippen molar-refractivity contribution in [3.8, 4) is 0 Å². The quantitative estimate of drug-likeness (QED) is 0.387. The highest BCUT2D eigenvalue weighted by atomic mass is 35.5. The van der Waals surface area contributed by atoms with Crippen molar-refractivity contribution in [3.63, 3.8) is 0 Å². The minimum absolute atomic E-state index is 0.294. The van der Waals surface area contributed by atoms with E-state index in [0.29, 0.717) is 37.0 Å². The van der Waals surface area contributed by atoms with Crippen LogP contribution >= 0.6 is 46.4 Å². The molecule has 0 radical (unpaired) electrons. The van der Waals surface area contributed by atoms with Gasteiger partial charge in [-0.3, -0.25) is 14.4 Å². The molecule has 0 N–H and O–H groups in total. The van der Waals surface area contributed by atoms with E-state index >= 15 is 0 Å². The molecule has 0 saturated carbocycles. The Balaban J connectivity index is 1.62. The second-order valence-electron chi connectivity index (χ2n) is 7.46. The number of fused-ring (bicyclic) bond motifs is 1. The van der Waals surface area contributed by atoms with Gasteiger partial charge in [-0.1, -0.05) is 70.7 Å². The fourth-order valence-electron chi connectivity index (χ4n) is 4.19. The molecule has 2 aliphatic rings. The molecule has 2 fully saturated rings. The number of halogens is 4. The Morgan fingerprint density at radius 2 is 1.41 bits per heavy atom. The fraction of sp³-hybridized carbons (Fsp3) is 0.130. The SMILES string of the molecule is O=C1[C@H]2[C@@H](c3ccc(Cl)cc3Cl)N(c3ccccc3)O[C@H]2C(=O)N1c1cc(Cl)cc(Cl)c1. The molecule has 2 heterocycles. The summed E-state index contributed by atoms with van der Waals surface area (Å²) in [6.45, 7) is 0. The molecule has 162 valence electrons. The van der Waals surface area contributed by atoms with Crippen LogP contribution in [0.15, 0.2) is 66.7 Å². The number of carbonyl (C=O) groups is 2. The Labute approximate surface area is 203 Å². The highest BCUT2D eigenvalue weighted by molar-refractivity contribution is 6.36. The van der Waals surface area contributed by atoms with Crippen molar-refractivity contribution in [2.75, 3.05) is 9.96 Å². The first-order valence-corrected chi connectivity index (χ1v) is 11.2. The third kappa shape index (κ3) is 3.54. The summed E-state index contributed by atoms with van der Waals surface area (Å²) in [6, 6.07) is 18.2. The molecule has 2 aliphatic heterocycles. The first kappa shape index (κ1) is 21.6. The van der Waals surface area contributed by atoms with Crippen molar-refractivity contribution < 1.29 is 14.4 Å². The average molecular weight is 508 g/mol. The first-order chi connectivity index (χ1) is 15.3. The predicted molar refractivity (Wildman–Crippen MR) is 125 cm³/mol. The van der Waals surface area contributed by atoms with E-state index in [1.165, 1.54) is 18.2 Å². The molecule has 0 bridgehead atoms. The molecule has 2 saturated heterocycles. The van der Waals surface area contributed by atoms with Crippen molar-refractivity contribution >= 4 is 69.6 Å². The summed E-state index contributed by atoms with van der Waals surface area (Å²) in [4.78, 5) is 34.1. The minimum atomic E-state index is -1.03. The van der Waals surface area contributed by atoms with E-state index in [0.717, 1.165) is 4.90 Å². The van der Waals surface area contributed by atoms with E-state index in [-0.39, 0.29) is 0 Å². The van der Waals surface area contributed by atoms with Gasteiger partial charge in [0.2, 0.25) is 5.91 Å². The number of para-hydroxylation sites is 1. The summed E-state index contributed by atoms with van der Waals surface area (Å²) in [5, 5.41) is 3.04. The maximum absolute atomic E-state index is 13.6. The first-order valence-electron chi connectivity index (χ1n) is 9.65. The lowest BCUT2D eigenvalue weighted by Gasteiger charge is -2.29. The highest BCUT2D eigenvalue weighted by Crippen LogP contribution is 2.49. The number of anilines is 2. The second kappa shape index (κ2) is 8.25. The summed E-state index contributed by atoms with van der Waals surface area (Å²) >= 11 is 24.8. The van der Waals surface area contributed by atoms with E-state index in [1.807, 2.05) is 30.3 Å². The number of imide groups is 1. The van der Waals surface area contributed by atoms with E-state index < -0.39 is 29.9 Å². The zero-order chi connectivity index (χ0) is 22.6. The molecule has 3 aromatic carbocycles. The number of benzene rings is 3. The van der Waals surface area contributed by atoms with Crippen LogP contribution in [0.1, 0.15) is 11.6 Å².